The van der Waals surface area contributed by atoms with Gasteiger partial charge in [0.1, 0.15) is 5.82 Å². The summed E-state index contributed by atoms with van der Waals surface area (Å²) in [6, 6.07) is 4.17. The number of aliphatic hydroxyl groups excluding tert-OH is 1. The van der Waals surface area contributed by atoms with Crippen molar-refractivity contribution >= 4 is 33.8 Å². The number of hydrogen-bond donors (Lipinski definition) is 3. The van der Waals surface area contributed by atoms with Gasteiger partial charge in [0.2, 0.25) is 0 Å². The third-order valence-electron chi connectivity index (χ3n) is 4.29. The van der Waals surface area contributed by atoms with E-state index >= 15 is 0 Å². The second kappa shape index (κ2) is 9.05. The first-order valence-corrected chi connectivity index (χ1v) is 9.70. The zero-order valence-corrected chi connectivity index (χ0v) is 15.7. The average molecular weight is 403 g/mol. The summed E-state index contributed by atoms with van der Waals surface area (Å²) in [5.41, 5.74) is 0.476. The highest BCUT2D eigenvalue weighted by Crippen LogP contribution is 2.34. The van der Waals surface area contributed by atoms with Crippen molar-refractivity contribution in [1.29, 1.82) is 0 Å². The molecular weight excluding hydrogens is 382 g/mol. The summed E-state index contributed by atoms with van der Waals surface area (Å²) in [5.74, 6) is -0.407. The lowest BCUT2D eigenvalue weighted by molar-refractivity contribution is 0.163. The lowest BCUT2D eigenvalue weighted by atomic mass is 10.2. The van der Waals surface area contributed by atoms with Crippen LogP contribution in [0, 0.1) is 10.9 Å². The SMILES string of the molecule is O[C@@H]1CNC[C@H]1NCCCCN(c1ncc(F)s1)c1cc(F)ccc1Cl. The Morgan fingerprint density at radius 2 is 2.19 bits per heavy atom. The molecule has 26 heavy (non-hydrogen) atoms. The molecule has 1 aliphatic rings. The fourth-order valence-corrected chi connectivity index (χ4v) is 3.84. The normalized spacial score (nSPS) is 19.8. The van der Waals surface area contributed by atoms with Crippen LogP contribution in [-0.4, -0.2) is 48.4 Å². The first-order chi connectivity index (χ1) is 12.5. The molecule has 0 bridgehead atoms. The number of unbranched alkanes of at least 4 members (excludes halogenated alkanes) is 1. The molecular formula is C17H21ClF2N4OS. The standard InChI is InChI=1S/C17H21ClF2N4OS/c18-12-4-3-11(19)7-14(12)24(17-23-10-16(20)26-17)6-2-1-5-22-13-8-21-9-15(13)25/h3-4,7,10,13,15,21-22,25H,1-2,5-6,8-9H2/t13-,15-/m1/s1. The molecule has 2 heterocycles. The summed E-state index contributed by atoms with van der Waals surface area (Å²) >= 11 is 7.12. The highest BCUT2D eigenvalue weighted by atomic mass is 35.5. The molecule has 0 saturated carbocycles. The Morgan fingerprint density at radius 1 is 1.35 bits per heavy atom. The molecule has 0 spiro atoms. The summed E-state index contributed by atoms with van der Waals surface area (Å²) < 4.78 is 27.1. The van der Waals surface area contributed by atoms with Gasteiger partial charge in [-0.15, -0.1) is 0 Å². The van der Waals surface area contributed by atoms with Crippen LogP contribution in [0.3, 0.4) is 0 Å². The largest absolute Gasteiger partial charge is 0.390 e. The third kappa shape index (κ3) is 4.89. The molecule has 2 aromatic rings. The van der Waals surface area contributed by atoms with Gasteiger partial charge in [-0.3, -0.25) is 0 Å². The predicted octanol–water partition coefficient (Wildman–Crippen LogP) is 2.92. The number of thiazole rings is 1. The van der Waals surface area contributed by atoms with E-state index in [1.165, 1.54) is 18.2 Å². The number of rotatable bonds is 8. The molecule has 1 saturated heterocycles. The molecule has 142 valence electrons. The number of anilines is 2. The van der Waals surface area contributed by atoms with Crippen LogP contribution in [0.4, 0.5) is 19.6 Å². The lowest BCUT2D eigenvalue weighted by Gasteiger charge is -2.23. The summed E-state index contributed by atoms with van der Waals surface area (Å²) in [6.45, 7) is 2.65. The lowest BCUT2D eigenvalue weighted by Crippen LogP contribution is -2.39. The fraction of sp³-hybridized carbons (Fsp3) is 0.471. The molecule has 0 unspecified atom stereocenters. The first kappa shape index (κ1) is 19.4. The molecule has 9 heteroatoms. The van der Waals surface area contributed by atoms with Crippen LogP contribution in [0.5, 0.6) is 0 Å². The van der Waals surface area contributed by atoms with Crippen molar-refractivity contribution in [3.8, 4) is 0 Å². The minimum atomic E-state index is -0.407. The number of aromatic nitrogens is 1. The van der Waals surface area contributed by atoms with E-state index in [1.54, 1.807) is 4.90 Å². The maximum absolute atomic E-state index is 13.7. The van der Waals surface area contributed by atoms with Gasteiger partial charge >= 0.3 is 0 Å². The monoisotopic (exact) mass is 402 g/mol. The summed E-state index contributed by atoms with van der Waals surface area (Å²) in [4.78, 5) is 5.81. The van der Waals surface area contributed by atoms with Crippen LogP contribution >= 0.6 is 22.9 Å². The molecule has 1 aromatic carbocycles. The molecule has 5 nitrogen and oxygen atoms in total. The van der Waals surface area contributed by atoms with Crippen LogP contribution in [0.1, 0.15) is 12.8 Å². The maximum atomic E-state index is 13.7. The number of β-amino-alcohol motifs (C(OH)–C–C–N with tert-alkyl or cyclic N) is 1. The third-order valence-corrected chi connectivity index (χ3v) is 5.42. The summed E-state index contributed by atoms with van der Waals surface area (Å²) in [6.07, 6.45) is 2.41. The van der Waals surface area contributed by atoms with Crippen molar-refractivity contribution in [2.75, 3.05) is 31.1 Å². The van der Waals surface area contributed by atoms with Crippen molar-refractivity contribution in [2.45, 2.75) is 25.0 Å². The van der Waals surface area contributed by atoms with Crippen molar-refractivity contribution in [2.24, 2.45) is 0 Å². The highest BCUT2D eigenvalue weighted by molar-refractivity contribution is 7.14. The Labute approximate surface area is 160 Å². The van der Waals surface area contributed by atoms with Crippen molar-refractivity contribution in [1.82, 2.24) is 15.6 Å². The molecule has 3 rings (SSSR count). The number of aliphatic hydroxyl groups is 1. The number of nitrogens with one attached hydrogen (secondary N) is 2. The van der Waals surface area contributed by atoms with E-state index in [9.17, 15) is 13.9 Å². The second-order valence-corrected chi connectivity index (χ2v) is 7.55. The van der Waals surface area contributed by atoms with Gasteiger partial charge in [0, 0.05) is 25.7 Å². The summed E-state index contributed by atoms with van der Waals surface area (Å²) in [5, 5.41) is 16.6. The van der Waals surface area contributed by atoms with Gasteiger partial charge in [-0.2, -0.15) is 4.39 Å². The van der Waals surface area contributed by atoms with Crippen LogP contribution in [0.25, 0.3) is 0 Å². The van der Waals surface area contributed by atoms with Crippen LogP contribution in [0.2, 0.25) is 5.02 Å². The van der Waals surface area contributed by atoms with E-state index in [-0.39, 0.29) is 12.1 Å². The molecule has 0 amide bonds. The highest BCUT2D eigenvalue weighted by Gasteiger charge is 2.23. The first-order valence-electron chi connectivity index (χ1n) is 8.50. The minimum Gasteiger partial charge on any atom is -0.390 e. The number of hydrogen-bond acceptors (Lipinski definition) is 6. The Balaban J connectivity index is 1.60. The van der Waals surface area contributed by atoms with Crippen LogP contribution in [-0.2, 0) is 0 Å². The van der Waals surface area contributed by atoms with Gasteiger partial charge in [-0.1, -0.05) is 22.9 Å². The van der Waals surface area contributed by atoms with E-state index in [2.05, 4.69) is 15.6 Å². The van der Waals surface area contributed by atoms with Gasteiger partial charge in [0.15, 0.2) is 10.3 Å². The van der Waals surface area contributed by atoms with Crippen LogP contribution in [0.15, 0.2) is 24.4 Å². The van der Waals surface area contributed by atoms with Crippen molar-refractivity contribution < 1.29 is 13.9 Å². The molecule has 1 aromatic heterocycles. The van der Waals surface area contributed by atoms with Crippen molar-refractivity contribution in [3.05, 3.63) is 40.4 Å². The smallest absolute Gasteiger partial charge is 0.198 e. The molecule has 3 N–H and O–H groups in total. The van der Waals surface area contributed by atoms with E-state index in [0.29, 0.717) is 28.9 Å². The van der Waals surface area contributed by atoms with Gasteiger partial charge in [0.05, 0.1) is 23.0 Å². The maximum Gasteiger partial charge on any atom is 0.198 e. The summed E-state index contributed by atoms with van der Waals surface area (Å²) in [7, 11) is 0. The van der Waals surface area contributed by atoms with Gasteiger partial charge < -0.3 is 20.6 Å². The number of benzene rings is 1. The number of halogens is 3. The molecule has 2 atom stereocenters. The fourth-order valence-electron chi connectivity index (χ4n) is 2.94. The Bertz CT molecular complexity index is 733. The molecule has 0 aliphatic carbocycles. The molecule has 1 aliphatic heterocycles. The quantitative estimate of drug-likeness (QED) is 0.593. The Kier molecular flexibility index (Phi) is 6.77. The second-order valence-electron chi connectivity index (χ2n) is 6.19. The Hall–Kier alpha value is -1.32. The molecule has 1 fully saturated rings. The van der Waals surface area contributed by atoms with Crippen molar-refractivity contribution in [3.63, 3.8) is 0 Å². The van der Waals surface area contributed by atoms with E-state index in [4.69, 9.17) is 11.6 Å². The van der Waals surface area contributed by atoms with E-state index in [1.807, 2.05) is 0 Å². The predicted molar refractivity (Wildman–Crippen MR) is 100 cm³/mol. The van der Waals surface area contributed by atoms with Gasteiger partial charge in [-0.25, -0.2) is 9.37 Å². The zero-order valence-electron chi connectivity index (χ0n) is 14.1. The van der Waals surface area contributed by atoms with E-state index < -0.39 is 10.9 Å². The zero-order chi connectivity index (χ0) is 18.5. The van der Waals surface area contributed by atoms with Gasteiger partial charge in [0.25, 0.3) is 0 Å². The van der Waals surface area contributed by atoms with E-state index in [0.717, 1.165) is 43.5 Å². The molecule has 0 radical (unpaired) electrons. The van der Waals surface area contributed by atoms with Crippen LogP contribution < -0.4 is 15.5 Å². The minimum absolute atomic E-state index is 0.0665. The number of nitrogens with zero attached hydrogens (tertiary/aromatic N) is 2. The topological polar surface area (TPSA) is 60.4 Å². The average Bonchev–Trinajstić information content (AvgIpc) is 3.22. The Morgan fingerprint density at radius 3 is 2.88 bits per heavy atom. The van der Waals surface area contributed by atoms with Gasteiger partial charge in [-0.05, 0) is 37.6 Å².